The van der Waals surface area contributed by atoms with Crippen molar-refractivity contribution < 1.29 is 13.2 Å². The van der Waals surface area contributed by atoms with Gasteiger partial charge < -0.3 is 5.73 Å². The predicted octanol–water partition coefficient (Wildman–Crippen LogP) is 1.32. The second-order valence-electron chi connectivity index (χ2n) is 4.36. The van der Waals surface area contributed by atoms with Gasteiger partial charge in [-0.25, -0.2) is 13.1 Å². The fourth-order valence-corrected chi connectivity index (χ4v) is 2.70. The van der Waals surface area contributed by atoms with Gasteiger partial charge in [-0.2, -0.15) is 0 Å². The predicted molar refractivity (Wildman–Crippen MR) is 80.0 cm³/mol. The standard InChI is InChI=1S/C15H15N2O3S/c16-15(18)13-6-8-14(9-7-13)21(19,20)17-11-10-12-4-2-1-3-5-12/h1-10,17H,11H2,(H2,16,18). The molecule has 0 bridgehead atoms. The van der Waals surface area contributed by atoms with E-state index in [1.165, 1.54) is 24.3 Å². The monoisotopic (exact) mass is 303 g/mol. The Hall–Kier alpha value is -2.18. The zero-order valence-electron chi connectivity index (χ0n) is 11.2. The van der Waals surface area contributed by atoms with E-state index in [1.54, 1.807) is 6.42 Å². The van der Waals surface area contributed by atoms with Gasteiger partial charge in [-0.15, -0.1) is 0 Å². The molecular formula is C15H15N2O3S. The maximum Gasteiger partial charge on any atom is 0.248 e. The summed E-state index contributed by atoms with van der Waals surface area (Å²) in [5, 5.41) is 0. The summed E-state index contributed by atoms with van der Waals surface area (Å²) < 4.78 is 26.6. The van der Waals surface area contributed by atoms with Gasteiger partial charge in [0.2, 0.25) is 15.9 Å². The first-order chi connectivity index (χ1) is 9.99. The largest absolute Gasteiger partial charge is 0.366 e. The third-order valence-corrected chi connectivity index (χ3v) is 4.30. The molecule has 5 nitrogen and oxygen atoms in total. The van der Waals surface area contributed by atoms with E-state index in [0.29, 0.717) is 0 Å². The van der Waals surface area contributed by atoms with Crippen LogP contribution < -0.4 is 10.5 Å². The van der Waals surface area contributed by atoms with E-state index in [4.69, 9.17) is 5.73 Å². The Morgan fingerprint density at radius 3 is 2.24 bits per heavy atom. The molecule has 21 heavy (non-hydrogen) atoms. The van der Waals surface area contributed by atoms with Gasteiger partial charge >= 0.3 is 0 Å². The molecule has 0 aromatic heterocycles. The van der Waals surface area contributed by atoms with Gasteiger partial charge in [0.05, 0.1) is 4.90 Å². The average molecular weight is 303 g/mol. The molecule has 0 spiro atoms. The number of benzene rings is 2. The van der Waals surface area contributed by atoms with Crippen molar-refractivity contribution in [2.24, 2.45) is 5.73 Å². The lowest BCUT2D eigenvalue weighted by atomic mass is 10.2. The number of hydrogen-bond donors (Lipinski definition) is 2. The molecule has 2 aromatic rings. The molecule has 6 heteroatoms. The Morgan fingerprint density at radius 2 is 1.67 bits per heavy atom. The fourth-order valence-electron chi connectivity index (χ4n) is 1.74. The summed E-state index contributed by atoms with van der Waals surface area (Å²) in [6.45, 7) is 0.184. The van der Waals surface area contributed by atoms with Crippen LogP contribution in [0.1, 0.15) is 15.9 Å². The number of carbonyl (C=O) groups is 1. The van der Waals surface area contributed by atoms with Crippen LogP contribution in [0.4, 0.5) is 0 Å². The normalized spacial score (nSPS) is 11.2. The molecule has 0 heterocycles. The second kappa shape index (κ2) is 6.51. The summed E-state index contributed by atoms with van der Waals surface area (Å²) in [5.41, 5.74) is 6.31. The summed E-state index contributed by atoms with van der Waals surface area (Å²) in [7, 11) is -3.61. The maximum absolute atomic E-state index is 12.1. The Kier molecular flexibility index (Phi) is 4.72. The van der Waals surface area contributed by atoms with Gasteiger partial charge in [-0.3, -0.25) is 4.79 Å². The molecule has 0 unspecified atom stereocenters. The SMILES string of the molecule is NC(=O)c1ccc(S(=O)(=O)NC[CH]c2ccccc2)cc1. The van der Waals surface area contributed by atoms with Gasteiger partial charge in [-0.1, -0.05) is 30.3 Å². The van der Waals surface area contributed by atoms with Crippen LogP contribution in [0.25, 0.3) is 0 Å². The minimum Gasteiger partial charge on any atom is -0.366 e. The van der Waals surface area contributed by atoms with Crippen LogP contribution in [0.5, 0.6) is 0 Å². The zero-order chi connectivity index (χ0) is 15.3. The Balaban J connectivity index is 2.00. The first-order valence-electron chi connectivity index (χ1n) is 6.27. The highest BCUT2D eigenvalue weighted by molar-refractivity contribution is 7.89. The van der Waals surface area contributed by atoms with Crippen LogP contribution in [0, 0.1) is 6.42 Å². The number of sulfonamides is 1. The maximum atomic E-state index is 12.1. The molecule has 0 fully saturated rings. The van der Waals surface area contributed by atoms with Crippen molar-refractivity contribution in [2.45, 2.75) is 4.90 Å². The number of carbonyl (C=O) groups excluding carboxylic acids is 1. The van der Waals surface area contributed by atoms with E-state index < -0.39 is 15.9 Å². The molecule has 1 radical (unpaired) electrons. The minimum atomic E-state index is -3.61. The lowest BCUT2D eigenvalue weighted by molar-refractivity contribution is 0.1000. The van der Waals surface area contributed by atoms with Crippen molar-refractivity contribution >= 4 is 15.9 Å². The summed E-state index contributed by atoms with van der Waals surface area (Å²) in [5.74, 6) is -0.593. The number of hydrogen-bond acceptors (Lipinski definition) is 3. The number of nitrogens with one attached hydrogen (secondary N) is 1. The number of rotatable bonds is 6. The first-order valence-corrected chi connectivity index (χ1v) is 7.75. The Morgan fingerprint density at radius 1 is 1.05 bits per heavy atom. The molecule has 2 rings (SSSR count). The molecule has 0 atom stereocenters. The van der Waals surface area contributed by atoms with Crippen LogP contribution in [-0.2, 0) is 10.0 Å². The third kappa shape index (κ3) is 4.14. The summed E-state index contributed by atoms with van der Waals surface area (Å²) in [6, 6.07) is 14.9. The smallest absolute Gasteiger partial charge is 0.248 e. The van der Waals surface area contributed by atoms with Gasteiger partial charge in [0, 0.05) is 18.5 Å². The minimum absolute atomic E-state index is 0.0916. The van der Waals surface area contributed by atoms with Gasteiger partial charge in [0.25, 0.3) is 0 Å². The van der Waals surface area contributed by atoms with E-state index >= 15 is 0 Å². The molecule has 109 valence electrons. The molecule has 0 saturated carbocycles. The Bertz CT molecular complexity index is 710. The van der Waals surface area contributed by atoms with Crippen molar-refractivity contribution in [1.29, 1.82) is 0 Å². The Labute approximate surface area is 123 Å². The molecule has 3 N–H and O–H groups in total. The van der Waals surface area contributed by atoms with Crippen molar-refractivity contribution in [3.63, 3.8) is 0 Å². The van der Waals surface area contributed by atoms with Crippen LogP contribution in [0.2, 0.25) is 0 Å². The van der Waals surface area contributed by atoms with Crippen molar-refractivity contribution in [3.8, 4) is 0 Å². The number of primary amides is 1. The van der Waals surface area contributed by atoms with Gasteiger partial charge in [-0.05, 0) is 29.8 Å². The van der Waals surface area contributed by atoms with Crippen LogP contribution in [-0.4, -0.2) is 20.9 Å². The zero-order valence-corrected chi connectivity index (χ0v) is 12.0. The topological polar surface area (TPSA) is 89.3 Å². The average Bonchev–Trinajstić information content (AvgIpc) is 2.48. The van der Waals surface area contributed by atoms with Gasteiger partial charge in [0.1, 0.15) is 0 Å². The van der Waals surface area contributed by atoms with E-state index in [1.807, 2.05) is 30.3 Å². The second-order valence-corrected chi connectivity index (χ2v) is 6.12. The third-order valence-electron chi connectivity index (χ3n) is 2.86. The highest BCUT2D eigenvalue weighted by atomic mass is 32.2. The summed E-state index contributed by atoms with van der Waals surface area (Å²) >= 11 is 0. The number of nitrogens with two attached hydrogens (primary N) is 1. The lowest BCUT2D eigenvalue weighted by Crippen LogP contribution is -2.25. The van der Waals surface area contributed by atoms with Crippen LogP contribution >= 0.6 is 0 Å². The highest BCUT2D eigenvalue weighted by Crippen LogP contribution is 2.10. The molecule has 0 aliphatic rings. The summed E-state index contributed by atoms with van der Waals surface area (Å²) in [4.78, 5) is 11.0. The fraction of sp³-hybridized carbons (Fsp3) is 0.0667. The van der Waals surface area contributed by atoms with Crippen LogP contribution in [0.3, 0.4) is 0 Å². The lowest BCUT2D eigenvalue weighted by Gasteiger charge is -2.07. The molecule has 2 aromatic carbocycles. The quantitative estimate of drug-likeness (QED) is 0.843. The van der Waals surface area contributed by atoms with Crippen molar-refractivity contribution in [2.75, 3.05) is 6.54 Å². The van der Waals surface area contributed by atoms with Crippen LogP contribution in [0.15, 0.2) is 59.5 Å². The molecule has 0 aliphatic heterocycles. The van der Waals surface area contributed by atoms with Crippen molar-refractivity contribution in [3.05, 3.63) is 72.1 Å². The molecule has 0 aliphatic carbocycles. The van der Waals surface area contributed by atoms with Crippen molar-refractivity contribution in [1.82, 2.24) is 4.72 Å². The first kappa shape index (κ1) is 15.2. The van der Waals surface area contributed by atoms with E-state index in [9.17, 15) is 13.2 Å². The highest BCUT2D eigenvalue weighted by Gasteiger charge is 2.13. The van der Waals surface area contributed by atoms with E-state index in [0.717, 1.165) is 5.56 Å². The van der Waals surface area contributed by atoms with E-state index in [2.05, 4.69) is 4.72 Å². The van der Waals surface area contributed by atoms with E-state index in [-0.39, 0.29) is 17.0 Å². The molecular weight excluding hydrogens is 288 g/mol. The molecule has 0 saturated heterocycles. The number of amides is 1. The summed E-state index contributed by atoms with van der Waals surface area (Å²) in [6.07, 6.45) is 1.77. The van der Waals surface area contributed by atoms with Gasteiger partial charge in [0.15, 0.2) is 0 Å². The molecule has 1 amide bonds.